The van der Waals surface area contributed by atoms with E-state index in [-0.39, 0.29) is 11.3 Å². The number of nitrogens with zero attached hydrogens (tertiary/aromatic N) is 1. The van der Waals surface area contributed by atoms with Gasteiger partial charge < -0.3 is 4.74 Å². The molecule has 0 N–H and O–H groups in total. The van der Waals surface area contributed by atoms with Crippen molar-refractivity contribution in [2.45, 2.75) is 0 Å². The minimum Gasteiger partial charge on any atom is -0.451 e. The van der Waals surface area contributed by atoms with E-state index in [1.54, 1.807) is 6.07 Å². The summed E-state index contributed by atoms with van der Waals surface area (Å²) in [6.07, 6.45) is 0. The average Bonchev–Trinajstić information content (AvgIpc) is 2.37. The molecule has 0 saturated carbocycles. The van der Waals surface area contributed by atoms with Crippen LogP contribution in [0.25, 0.3) is 0 Å². The summed E-state index contributed by atoms with van der Waals surface area (Å²) >= 11 is 0. The van der Waals surface area contributed by atoms with E-state index in [4.69, 9.17) is 10.00 Å². The van der Waals surface area contributed by atoms with Crippen LogP contribution in [-0.2, 0) is 0 Å². The second-order valence-electron chi connectivity index (χ2n) is 3.41. The van der Waals surface area contributed by atoms with Crippen molar-refractivity contribution < 1.29 is 17.9 Å². The summed E-state index contributed by atoms with van der Waals surface area (Å²) in [4.78, 5) is 0. The van der Waals surface area contributed by atoms with Gasteiger partial charge in [0.25, 0.3) is 0 Å². The number of benzene rings is 2. The van der Waals surface area contributed by atoms with E-state index in [2.05, 4.69) is 0 Å². The molecule has 0 atom stereocenters. The molecule has 0 spiro atoms. The fourth-order valence-corrected chi connectivity index (χ4v) is 1.33. The van der Waals surface area contributed by atoms with Gasteiger partial charge in [-0.25, -0.2) is 8.78 Å². The number of hydrogen-bond acceptors (Lipinski definition) is 2. The molecule has 2 aromatic rings. The van der Waals surface area contributed by atoms with Crippen molar-refractivity contribution in [1.82, 2.24) is 0 Å². The predicted octanol–water partition coefficient (Wildman–Crippen LogP) is 3.77. The average molecular weight is 249 g/mol. The van der Waals surface area contributed by atoms with E-state index >= 15 is 0 Å². The third-order valence-corrected chi connectivity index (χ3v) is 2.20. The molecule has 0 aliphatic heterocycles. The molecular weight excluding hydrogens is 243 g/mol. The predicted molar refractivity (Wildman–Crippen MR) is 57.5 cm³/mol. The smallest absolute Gasteiger partial charge is 0.201 e. The maximum atomic E-state index is 13.5. The molecule has 18 heavy (non-hydrogen) atoms. The van der Waals surface area contributed by atoms with Gasteiger partial charge >= 0.3 is 0 Å². The van der Waals surface area contributed by atoms with Gasteiger partial charge in [0.2, 0.25) is 5.82 Å². The van der Waals surface area contributed by atoms with Gasteiger partial charge in [-0.3, -0.25) is 0 Å². The van der Waals surface area contributed by atoms with Crippen LogP contribution in [0.15, 0.2) is 36.4 Å². The Bertz CT molecular complexity index is 635. The molecule has 0 aliphatic rings. The Morgan fingerprint density at radius 3 is 2.39 bits per heavy atom. The van der Waals surface area contributed by atoms with Gasteiger partial charge in [0.15, 0.2) is 23.1 Å². The van der Waals surface area contributed by atoms with Crippen molar-refractivity contribution in [3.63, 3.8) is 0 Å². The maximum absolute atomic E-state index is 13.5. The highest BCUT2D eigenvalue weighted by molar-refractivity contribution is 5.39. The van der Waals surface area contributed by atoms with Gasteiger partial charge in [0.1, 0.15) is 0 Å². The molecule has 90 valence electrons. The topological polar surface area (TPSA) is 33.0 Å². The van der Waals surface area contributed by atoms with E-state index in [1.165, 1.54) is 24.3 Å². The molecule has 0 bridgehead atoms. The Labute approximate surface area is 101 Å². The Kier molecular flexibility index (Phi) is 3.20. The van der Waals surface area contributed by atoms with Gasteiger partial charge in [0.05, 0.1) is 11.6 Å². The Morgan fingerprint density at radius 1 is 0.944 bits per heavy atom. The molecular formula is C13H6F3NO. The number of halogens is 3. The number of hydrogen-bond donors (Lipinski definition) is 0. The number of nitriles is 1. The molecule has 5 heteroatoms. The normalized spacial score (nSPS) is 9.89. The summed E-state index contributed by atoms with van der Waals surface area (Å²) in [5.74, 6) is -3.79. The molecule has 0 unspecified atom stereocenters. The second-order valence-corrected chi connectivity index (χ2v) is 3.41. The van der Waals surface area contributed by atoms with Crippen molar-refractivity contribution in [1.29, 1.82) is 5.26 Å². The van der Waals surface area contributed by atoms with Crippen molar-refractivity contribution in [3.8, 4) is 17.6 Å². The summed E-state index contributed by atoms with van der Waals surface area (Å²) in [5.41, 5.74) is 0.111. The van der Waals surface area contributed by atoms with Crippen LogP contribution in [-0.4, -0.2) is 0 Å². The van der Waals surface area contributed by atoms with E-state index in [0.29, 0.717) is 0 Å². The van der Waals surface area contributed by atoms with Gasteiger partial charge in [0, 0.05) is 0 Å². The van der Waals surface area contributed by atoms with Gasteiger partial charge in [-0.2, -0.15) is 9.65 Å². The summed E-state index contributed by atoms with van der Waals surface area (Å²) in [7, 11) is 0. The first kappa shape index (κ1) is 12.0. The van der Waals surface area contributed by atoms with Crippen LogP contribution in [0, 0.1) is 28.8 Å². The van der Waals surface area contributed by atoms with Crippen molar-refractivity contribution in [3.05, 3.63) is 59.4 Å². The molecule has 0 amide bonds. The van der Waals surface area contributed by atoms with Gasteiger partial charge in [-0.1, -0.05) is 6.07 Å². The SMILES string of the molecule is N#Cc1ccc(Oc2cccc(F)c2F)c(F)c1. The van der Waals surface area contributed by atoms with Crippen LogP contribution in [0.2, 0.25) is 0 Å². The molecule has 0 aromatic heterocycles. The molecule has 0 heterocycles. The lowest BCUT2D eigenvalue weighted by molar-refractivity contribution is 0.397. The summed E-state index contributed by atoms with van der Waals surface area (Å²) in [6, 6.07) is 8.54. The van der Waals surface area contributed by atoms with Crippen LogP contribution < -0.4 is 4.74 Å². The van der Waals surface area contributed by atoms with Crippen LogP contribution >= 0.6 is 0 Å². The third kappa shape index (κ3) is 2.28. The highest BCUT2D eigenvalue weighted by atomic mass is 19.2. The highest BCUT2D eigenvalue weighted by Crippen LogP contribution is 2.28. The standard InChI is InChI=1S/C13H6F3NO/c14-9-2-1-3-12(13(9)16)18-11-5-4-8(7-17)6-10(11)15/h1-6H. The molecule has 2 rings (SSSR count). The quantitative estimate of drug-likeness (QED) is 0.811. The van der Waals surface area contributed by atoms with E-state index in [1.807, 2.05) is 0 Å². The van der Waals surface area contributed by atoms with Crippen molar-refractivity contribution in [2.24, 2.45) is 0 Å². The largest absolute Gasteiger partial charge is 0.451 e. The summed E-state index contributed by atoms with van der Waals surface area (Å²) in [6.45, 7) is 0. The van der Waals surface area contributed by atoms with Crippen LogP contribution in [0.4, 0.5) is 13.2 Å². The second kappa shape index (κ2) is 4.80. The summed E-state index contributed by atoms with van der Waals surface area (Å²) in [5, 5.41) is 8.56. The zero-order chi connectivity index (χ0) is 13.1. The lowest BCUT2D eigenvalue weighted by Crippen LogP contribution is -1.94. The first-order valence-corrected chi connectivity index (χ1v) is 4.93. The highest BCUT2D eigenvalue weighted by Gasteiger charge is 2.12. The Hall–Kier alpha value is -2.48. The number of rotatable bonds is 2. The molecule has 0 fully saturated rings. The zero-order valence-electron chi connectivity index (χ0n) is 8.95. The third-order valence-electron chi connectivity index (χ3n) is 2.20. The van der Waals surface area contributed by atoms with Crippen LogP contribution in [0.5, 0.6) is 11.5 Å². The lowest BCUT2D eigenvalue weighted by Gasteiger charge is -2.07. The lowest BCUT2D eigenvalue weighted by atomic mass is 10.2. The van der Waals surface area contributed by atoms with E-state index in [0.717, 1.165) is 12.1 Å². The van der Waals surface area contributed by atoms with Crippen LogP contribution in [0.3, 0.4) is 0 Å². The molecule has 2 aromatic carbocycles. The first-order valence-electron chi connectivity index (χ1n) is 4.93. The molecule has 0 saturated heterocycles. The minimum atomic E-state index is -1.19. The number of ether oxygens (including phenoxy) is 1. The molecule has 0 radical (unpaired) electrons. The van der Waals surface area contributed by atoms with Crippen molar-refractivity contribution in [2.75, 3.05) is 0 Å². The van der Waals surface area contributed by atoms with Crippen molar-refractivity contribution >= 4 is 0 Å². The fourth-order valence-electron chi connectivity index (χ4n) is 1.33. The first-order chi connectivity index (χ1) is 8.61. The van der Waals surface area contributed by atoms with Gasteiger partial charge in [-0.15, -0.1) is 0 Å². The Morgan fingerprint density at radius 2 is 1.72 bits per heavy atom. The van der Waals surface area contributed by atoms with E-state index in [9.17, 15) is 13.2 Å². The summed E-state index contributed by atoms with van der Waals surface area (Å²) < 4.78 is 44.6. The molecule has 2 nitrogen and oxygen atoms in total. The maximum Gasteiger partial charge on any atom is 0.201 e. The minimum absolute atomic E-state index is 0.111. The monoisotopic (exact) mass is 249 g/mol. The zero-order valence-corrected chi connectivity index (χ0v) is 8.95. The molecule has 0 aliphatic carbocycles. The Balaban J connectivity index is 2.35. The van der Waals surface area contributed by atoms with Crippen LogP contribution in [0.1, 0.15) is 5.56 Å². The van der Waals surface area contributed by atoms with Gasteiger partial charge in [-0.05, 0) is 30.3 Å². The fraction of sp³-hybridized carbons (Fsp3) is 0. The van der Waals surface area contributed by atoms with E-state index < -0.39 is 23.2 Å².